The minimum absolute atomic E-state index is 0.573. The van der Waals surface area contributed by atoms with Crippen molar-refractivity contribution >= 4 is 11.6 Å². The van der Waals surface area contributed by atoms with E-state index in [0.717, 1.165) is 16.7 Å². The first-order valence-corrected chi connectivity index (χ1v) is 6.67. The monoisotopic (exact) mass is 276 g/mol. The smallest absolute Gasteiger partial charge is 0.125 e. The van der Waals surface area contributed by atoms with Crippen molar-refractivity contribution in [1.82, 2.24) is 0 Å². The molecular formula is C16H17ClO2. The molecule has 0 fully saturated rings. The number of hydrogen-bond acceptors (Lipinski definition) is 2. The molecule has 0 spiro atoms. The van der Waals surface area contributed by atoms with E-state index in [1.807, 2.05) is 50.2 Å². The lowest BCUT2D eigenvalue weighted by Gasteiger charge is -2.17. The van der Waals surface area contributed by atoms with Crippen LogP contribution in [0.5, 0.6) is 5.75 Å². The largest absolute Gasteiger partial charge is 0.493 e. The minimum atomic E-state index is -0.708. The van der Waals surface area contributed by atoms with Crippen molar-refractivity contribution in [2.75, 3.05) is 6.61 Å². The number of benzene rings is 2. The fraction of sp³-hybridized carbons (Fsp3) is 0.250. The van der Waals surface area contributed by atoms with E-state index >= 15 is 0 Å². The second kappa shape index (κ2) is 6.09. The van der Waals surface area contributed by atoms with E-state index in [1.54, 1.807) is 6.07 Å². The van der Waals surface area contributed by atoms with E-state index in [4.69, 9.17) is 16.3 Å². The average Bonchev–Trinajstić information content (AvgIpc) is 2.39. The van der Waals surface area contributed by atoms with Crippen LogP contribution in [0.1, 0.15) is 29.7 Å². The summed E-state index contributed by atoms with van der Waals surface area (Å²) in [6.07, 6.45) is -0.708. The molecule has 0 heterocycles. The Morgan fingerprint density at radius 1 is 1.16 bits per heavy atom. The molecule has 0 aromatic heterocycles. The van der Waals surface area contributed by atoms with Crippen molar-refractivity contribution < 1.29 is 9.84 Å². The molecular weight excluding hydrogens is 260 g/mol. The van der Waals surface area contributed by atoms with Crippen molar-refractivity contribution in [1.29, 1.82) is 0 Å². The Bertz CT molecular complexity index is 566. The van der Waals surface area contributed by atoms with Gasteiger partial charge in [-0.25, -0.2) is 0 Å². The van der Waals surface area contributed by atoms with Crippen LogP contribution in [0, 0.1) is 6.92 Å². The minimum Gasteiger partial charge on any atom is -0.493 e. The summed E-state index contributed by atoms with van der Waals surface area (Å²) in [6, 6.07) is 13.0. The Balaban J connectivity index is 2.41. The van der Waals surface area contributed by atoms with Crippen molar-refractivity contribution in [3.8, 4) is 5.75 Å². The number of aliphatic hydroxyl groups is 1. The maximum absolute atomic E-state index is 10.5. The zero-order valence-corrected chi connectivity index (χ0v) is 11.8. The summed E-state index contributed by atoms with van der Waals surface area (Å²) in [5.41, 5.74) is 2.58. The third-order valence-electron chi connectivity index (χ3n) is 3.04. The predicted octanol–water partition coefficient (Wildman–Crippen LogP) is 4.13. The number of para-hydroxylation sites is 1. The predicted molar refractivity (Wildman–Crippen MR) is 77.9 cm³/mol. The standard InChI is InChI=1S/C16H17ClO2/c1-3-19-15-7-5-4-6-14(15)16(18)13-9-8-12(17)10-11(13)2/h4-10,16,18H,3H2,1-2H3. The third-order valence-corrected chi connectivity index (χ3v) is 3.27. The van der Waals surface area contributed by atoms with Crippen LogP contribution in [-0.2, 0) is 0 Å². The zero-order chi connectivity index (χ0) is 13.8. The van der Waals surface area contributed by atoms with Gasteiger partial charge in [-0.2, -0.15) is 0 Å². The summed E-state index contributed by atoms with van der Waals surface area (Å²) in [6.45, 7) is 4.44. The molecule has 2 aromatic carbocycles. The Morgan fingerprint density at radius 2 is 1.89 bits per heavy atom. The summed E-state index contributed by atoms with van der Waals surface area (Å²) < 4.78 is 5.56. The molecule has 2 rings (SSSR count). The second-order valence-electron chi connectivity index (χ2n) is 4.37. The normalized spacial score (nSPS) is 12.2. The maximum atomic E-state index is 10.5. The highest BCUT2D eigenvalue weighted by Gasteiger charge is 2.17. The summed E-state index contributed by atoms with van der Waals surface area (Å²) >= 11 is 5.94. The van der Waals surface area contributed by atoms with Crippen molar-refractivity contribution in [3.63, 3.8) is 0 Å². The van der Waals surface area contributed by atoms with Gasteiger partial charge in [0.1, 0.15) is 11.9 Å². The lowest BCUT2D eigenvalue weighted by molar-refractivity contribution is 0.211. The molecule has 2 nitrogen and oxygen atoms in total. The van der Waals surface area contributed by atoms with E-state index in [1.165, 1.54) is 0 Å². The van der Waals surface area contributed by atoms with E-state index in [9.17, 15) is 5.11 Å². The highest BCUT2D eigenvalue weighted by Crippen LogP contribution is 2.32. The molecule has 2 aromatic rings. The van der Waals surface area contributed by atoms with Gasteiger partial charge in [-0.1, -0.05) is 35.9 Å². The van der Waals surface area contributed by atoms with Gasteiger partial charge in [-0.15, -0.1) is 0 Å². The van der Waals surface area contributed by atoms with Gasteiger partial charge in [0, 0.05) is 10.6 Å². The van der Waals surface area contributed by atoms with Gasteiger partial charge in [0.25, 0.3) is 0 Å². The van der Waals surface area contributed by atoms with Gasteiger partial charge in [0.2, 0.25) is 0 Å². The highest BCUT2D eigenvalue weighted by molar-refractivity contribution is 6.30. The molecule has 0 saturated carbocycles. The Labute approximate surface area is 118 Å². The summed E-state index contributed by atoms with van der Waals surface area (Å²) in [4.78, 5) is 0. The van der Waals surface area contributed by atoms with Gasteiger partial charge < -0.3 is 9.84 Å². The molecule has 0 amide bonds. The molecule has 1 N–H and O–H groups in total. The van der Waals surface area contributed by atoms with Gasteiger partial charge in [0.15, 0.2) is 0 Å². The number of ether oxygens (including phenoxy) is 1. The molecule has 19 heavy (non-hydrogen) atoms. The average molecular weight is 277 g/mol. The molecule has 1 atom stereocenters. The number of aliphatic hydroxyl groups excluding tert-OH is 1. The van der Waals surface area contributed by atoms with Crippen molar-refractivity contribution in [2.24, 2.45) is 0 Å². The summed E-state index contributed by atoms with van der Waals surface area (Å²) in [5, 5.41) is 11.2. The number of hydrogen-bond donors (Lipinski definition) is 1. The topological polar surface area (TPSA) is 29.5 Å². The Hall–Kier alpha value is -1.51. The molecule has 0 aliphatic heterocycles. The Kier molecular flexibility index (Phi) is 4.46. The fourth-order valence-electron chi connectivity index (χ4n) is 2.11. The SMILES string of the molecule is CCOc1ccccc1C(O)c1ccc(Cl)cc1C. The fourth-order valence-corrected chi connectivity index (χ4v) is 2.33. The molecule has 1 unspecified atom stereocenters. The highest BCUT2D eigenvalue weighted by atomic mass is 35.5. The van der Waals surface area contributed by atoms with Crippen molar-refractivity contribution in [2.45, 2.75) is 20.0 Å². The molecule has 0 saturated heterocycles. The first-order chi connectivity index (χ1) is 9.13. The van der Waals surface area contributed by atoms with Crippen LogP contribution >= 0.6 is 11.6 Å². The van der Waals surface area contributed by atoms with Crippen LogP contribution in [0.25, 0.3) is 0 Å². The van der Waals surface area contributed by atoms with Crippen LogP contribution < -0.4 is 4.74 Å². The van der Waals surface area contributed by atoms with Gasteiger partial charge in [-0.05, 0) is 43.2 Å². The molecule has 3 heteroatoms. The Morgan fingerprint density at radius 3 is 2.58 bits per heavy atom. The molecule has 0 bridgehead atoms. The second-order valence-corrected chi connectivity index (χ2v) is 4.81. The lowest BCUT2D eigenvalue weighted by atomic mass is 9.97. The molecule has 0 aliphatic carbocycles. The molecule has 0 radical (unpaired) electrons. The van der Waals surface area contributed by atoms with E-state index in [-0.39, 0.29) is 0 Å². The summed E-state index contributed by atoms with van der Waals surface area (Å²) in [7, 11) is 0. The maximum Gasteiger partial charge on any atom is 0.125 e. The summed E-state index contributed by atoms with van der Waals surface area (Å²) in [5.74, 6) is 0.715. The molecule has 0 aliphatic rings. The van der Waals surface area contributed by atoms with Crippen LogP contribution in [0.2, 0.25) is 5.02 Å². The van der Waals surface area contributed by atoms with Gasteiger partial charge in [0.05, 0.1) is 6.61 Å². The van der Waals surface area contributed by atoms with Gasteiger partial charge >= 0.3 is 0 Å². The quantitative estimate of drug-likeness (QED) is 0.910. The first kappa shape index (κ1) is 13.9. The third kappa shape index (κ3) is 3.09. The van der Waals surface area contributed by atoms with Crippen LogP contribution in [0.4, 0.5) is 0 Å². The molecule has 100 valence electrons. The number of halogens is 1. The number of rotatable bonds is 4. The van der Waals surface area contributed by atoms with Crippen LogP contribution in [0.3, 0.4) is 0 Å². The van der Waals surface area contributed by atoms with E-state index in [2.05, 4.69) is 0 Å². The first-order valence-electron chi connectivity index (χ1n) is 6.29. The zero-order valence-electron chi connectivity index (χ0n) is 11.1. The number of aryl methyl sites for hydroxylation is 1. The van der Waals surface area contributed by atoms with Crippen molar-refractivity contribution in [3.05, 3.63) is 64.2 Å². The van der Waals surface area contributed by atoms with Gasteiger partial charge in [-0.3, -0.25) is 0 Å². The van der Waals surface area contributed by atoms with Crippen LogP contribution in [0.15, 0.2) is 42.5 Å². The van der Waals surface area contributed by atoms with E-state index in [0.29, 0.717) is 17.4 Å². The van der Waals surface area contributed by atoms with Crippen LogP contribution in [-0.4, -0.2) is 11.7 Å². The lowest BCUT2D eigenvalue weighted by Crippen LogP contribution is -2.05. The van der Waals surface area contributed by atoms with E-state index < -0.39 is 6.10 Å².